The molecule has 0 saturated carbocycles. The molecule has 0 amide bonds. The molecule has 0 aliphatic carbocycles. The first-order valence-corrected chi connectivity index (χ1v) is 9.12. The molecule has 0 unspecified atom stereocenters. The van der Waals surface area contributed by atoms with E-state index in [2.05, 4.69) is 21.2 Å². The zero-order chi connectivity index (χ0) is 20.4. The number of allylic oxidation sites excluding steroid dienone is 1. The van der Waals surface area contributed by atoms with Crippen LogP contribution in [-0.4, -0.2) is 22.2 Å². The summed E-state index contributed by atoms with van der Waals surface area (Å²) in [7, 11) is 1.60. The van der Waals surface area contributed by atoms with E-state index in [1.807, 2.05) is 55.5 Å². The highest BCUT2D eigenvalue weighted by Gasteiger charge is 2.14. The van der Waals surface area contributed by atoms with Crippen molar-refractivity contribution < 1.29 is 9.26 Å². The predicted octanol–water partition coefficient (Wildman–Crippen LogP) is 5.32. The van der Waals surface area contributed by atoms with Crippen LogP contribution in [0.4, 0.5) is 0 Å². The maximum absolute atomic E-state index is 9.61. The molecule has 29 heavy (non-hydrogen) atoms. The number of fused-ring (bicyclic) bond motifs is 1. The van der Waals surface area contributed by atoms with E-state index in [1.54, 1.807) is 13.2 Å². The van der Waals surface area contributed by atoms with Crippen molar-refractivity contribution in [3.05, 3.63) is 70.7 Å². The number of methoxy groups -OCH3 is 1. The van der Waals surface area contributed by atoms with Crippen LogP contribution in [0.1, 0.15) is 17.0 Å². The molecule has 6 nitrogen and oxygen atoms in total. The topological polar surface area (TPSA) is 84.8 Å². The van der Waals surface area contributed by atoms with Crippen molar-refractivity contribution in [2.45, 2.75) is 6.92 Å². The number of pyridine rings is 1. The Bertz CT molecular complexity index is 1270. The fourth-order valence-electron chi connectivity index (χ4n) is 2.83. The Morgan fingerprint density at radius 1 is 1.14 bits per heavy atom. The Morgan fingerprint density at radius 3 is 2.66 bits per heavy atom. The number of aryl methyl sites for hydroxylation is 1. The lowest BCUT2D eigenvalue weighted by Crippen LogP contribution is -1.89. The molecule has 0 radical (unpaired) electrons. The molecule has 0 aliphatic heterocycles. The van der Waals surface area contributed by atoms with Gasteiger partial charge < -0.3 is 9.26 Å². The summed E-state index contributed by atoms with van der Waals surface area (Å²) in [5, 5.41) is 14.7. The summed E-state index contributed by atoms with van der Waals surface area (Å²) < 4.78 is 10.6. The summed E-state index contributed by atoms with van der Waals surface area (Å²) in [6.45, 7) is 2.00. The van der Waals surface area contributed by atoms with Gasteiger partial charge in [0.05, 0.1) is 12.6 Å². The number of nitriles is 1. The molecule has 0 fully saturated rings. The van der Waals surface area contributed by atoms with Crippen molar-refractivity contribution in [2.24, 2.45) is 0 Å². The van der Waals surface area contributed by atoms with Crippen LogP contribution in [0.15, 0.2) is 53.1 Å². The number of hydrogen-bond donors (Lipinski definition) is 0. The van der Waals surface area contributed by atoms with Gasteiger partial charge in [0.1, 0.15) is 22.5 Å². The van der Waals surface area contributed by atoms with Crippen molar-refractivity contribution in [2.75, 3.05) is 7.11 Å². The van der Waals surface area contributed by atoms with Crippen molar-refractivity contribution in [1.82, 2.24) is 15.1 Å². The van der Waals surface area contributed by atoms with Gasteiger partial charge in [0.2, 0.25) is 5.82 Å². The minimum Gasteiger partial charge on any atom is -0.497 e. The number of aromatic nitrogens is 3. The van der Waals surface area contributed by atoms with Gasteiger partial charge in [0.15, 0.2) is 0 Å². The average molecular weight is 403 g/mol. The van der Waals surface area contributed by atoms with Gasteiger partial charge in [0, 0.05) is 16.5 Å². The molecule has 7 heteroatoms. The molecular weight excluding hydrogens is 388 g/mol. The highest BCUT2D eigenvalue weighted by molar-refractivity contribution is 6.31. The lowest BCUT2D eigenvalue weighted by Gasteiger charge is -2.05. The SMILES string of the molecule is COc1ccc2nc(Cl)c(/C=C(\C#N)c3nc(-c4ccc(C)cc4)no3)cc2c1. The minimum absolute atomic E-state index is 0.116. The molecular formula is C22H15ClN4O2. The van der Waals surface area contributed by atoms with E-state index in [9.17, 15) is 5.26 Å². The summed E-state index contributed by atoms with van der Waals surface area (Å²) in [5.41, 5.74) is 3.43. The lowest BCUT2D eigenvalue weighted by molar-refractivity contribution is 0.409. The fraction of sp³-hybridized carbons (Fsp3) is 0.0909. The molecule has 0 spiro atoms. The van der Waals surface area contributed by atoms with Crippen LogP contribution in [0.2, 0.25) is 5.15 Å². The molecule has 0 bridgehead atoms. The van der Waals surface area contributed by atoms with Crippen LogP contribution in [-0.2, 0) is 0 Å². The Labute approximate surface area is 172 Å². The first kappa shape index (κ1) is 18.7. The van der Waals surface area contributed by atoms with Crippen molar-refractivity contribution in [3.63, 3.8) is 0 Å². The van der Waals surface area contributed by atoms with Gasteiger partial charge >= 0.3 is 0 Å². The van der Waals surface area contributed by atoms with E-state index in [4.69, 9.17) is 20.9 Å². The predicted molar refractivity (Wildman–Crippen MR) is 111 cm³/mol. The van der Waals surface area contributed by atoms with Crippen molar-refractivity contribution in [1.29, 1.82) is 5.26 Å². The Hall–Kier alpha value is -3.69. The molecule has 0 aliphatic rings. The zero-order valence-corrected chi connectivity index (χ0v) is 16.4. The summed E-state index contributed by atoms with van der Waals surface area (Å²) >= 11 is 6.32. The maximum Gasteiger partial charge on any atom is 0.268 e. The molecule has 0 saturated heterocycles. The average Bonchev–Trinajstić information content (AvgIpc) is 3.22. The van der Waals surface area contributed by atoms with E-state index >= 15 is 0 Å². The third-order valence-electron chi connectivity index (χ3n) is 4.39. The summed E-state index contributed by atoms with van der Waals surface area (Å²) in [6.07, 6.45) is 1.58. The second kappa shape index (κ2) is 7.74. The summed E-state index contributed by atoms with van der Waals surface area (Å²) in [5.74, 6) is 1.23. The molecule has 2 aromatic carbocycles. The minimum atomic E-state index is 0.116. The molecule has 4 rings (SSSR count). The van der Waals surface area contributed by atoms with Gasteiger partial charge in [-0.25, -0.2) is 4.98 Å². The highest BCUT2D eigenvalue weighted by Crippen LogP contribution is 2.28. The Kier molecular flexibility index (Phi) is 4.98. The van der Waals surface area contributed by atoms with Gasteiger partial charge in [-0.15, -0.1) is 0 Å². The van der Waals surface area contributed by atoms with E-state index in [-0.39, 0.29) is 16.6 Å². The molecule has 0 N–H and O–H groups in total. The zero-order valence-electron chi connectivity index (χ0n) is 15.7. The monoisotopic (exact) mass is 402 g/mol. The first-order valence-electron chi connectivity index (χ1n) is 8.74. The smallest absolute Gasteiger partial charge is 0.268 e. The summed E-state index contributed by atoms with van der Waals surface area (Å²) in [6, 6.07) is 17.1. The third kappa shape index (κ3) is 3.82. The number of halogens is 1. The number of nitrogens with zero attached hydrogens (tertiary/aromatic N) is 4. The number of ether oxygens (including phenoxy) is 1. The van der Waals surface area contributed by atoms with E-state index in [0.29, 0.717) is 17.1 Å². The third-order valence-corrected chi connectivity index (χ3v) is 4.69. The maximum atomic E-state index is 9.61. The lowest BCUT2D eigenvalue weighted by atomic mass is 10.1. The molecule has 4 aromatic rings. The van der Waals surface area contributed by atoms with Gasteiger partial charge in [-0.05, 0) is 37.3 Å². The van der Waals surface area contributed by atoms with Crippen molar-refractivity contribution in [3.8, 4) is 23.2 Å². The largest absolute Gasteiger partial charge is 0.497 e. The van der Waals surface area contributed by atoms with Crippen LogP contribution in [0, 0.1) is 18.3 Å². The molecule has 2 heterocycles. The quantitative estimate of drug-likeness (QED) is 0.339. The fourth-order valence-corrected chi connectivity index (χ4v) is 3.03. The molecule has 0 atom stereocenters. The van der Waals surface area contributed by atoms with Crippen LogP contribution < -0.4 is 4.74 Å². The normalized spacial score (nSPS) is 11.4. The second-order valence-electron chi connectivity index (χ2n) is 6.39. The first-order chi connectivity index (χ1) is 14.1. The number of benzene rings is 2. The Morgan fingerprint density at radius 2 is 1.93 bits per heavy atom. The van der Waals surface area contributed by atoms with Gasteiger partial charge in [-0.2, -0.15) is 10.2 Å². The van der Waals surface area contributed by atoms with E-state index in [1.165, 1.54) is 0 Å². The number of hydrogen-bond acceptors (Lipinski definition) is 6. The van der Waals surface area contributed by atoms with E-state index < -0.39 is 0 Å². The summed E-state index contributed by atoms with van der Waals surface area (Å²) in [4.78, 5) is 8.73. The van der Waals surface area contributed by atoms with Gasteiger partial charge in [-0.3, -0.25) is 0 Å². The van der Waals surface area contributed by atoms with Gasteiger partial charge in [-0.1, -0.05) is 46.6 Å². The standard InChI is InChI=1S/C22H15ClN4O2/c1-13-3-5-14(6-4-13)21-26-22(29-27-21)17(12-24)10-16-9-15-11-18(28-2)7-8-19(15)25-20(16)23/h3-11H,1-2H3/b17-10+. The van der Waals surface area contributed by atoms with E-state index in [0.717, 1.165) is 22.0 Å². The van der Waals surface area contributed by atoms with Crippen LogP contribution in [0.25, 0.3) is 33.9 Å². The van der Waals surface area contributed by atoms with Crippen LogP contribution in [0.5, 0.6) is 5.75 Å². The number of rotatable bonds is 4. The van der Waals surface area contributed by atoms with Crippen LogP contribution >= 0.6 is 11.6 Å². The molecule has 142 valence electrons. The Balaban J connectivity index is 1.73. The van der Waals surface area contributed by atoms with Crippen LogP contribution in [0.3, 0.4) is 0 Å². The van der Waals surface area contributed by atoms with Gasteiger partial charge in [0.25, 0.3) is 5.89 Å². The second-order valence-corrected chi connectivity index (χ2v) is 6.74. The molecule has 2 aromatic heterocycles. The highest BCUT2D eigenvalue weighted by atomic mass is 35.5. The van der Waals surface area contributed by atoms with Crippen molar-refractivity contribution >= 4 is 34.2 Å².